The van der Waals surface area contributed by atoms with Gasteiger partial charge < -0.3 is 5.32 Å². The minimum absolute atomic E-state index is 0.203. The van der Waals surface area contributed by atoms with Gasteiger partial charge in [-0.2, -0.15) is 11.8 Å². The molecule has 1 aromatic carbocycles. The number of hydrogen-bond donors (Lipinski definition) is 1. The van der Waals surface area contributed by atoms with Crippen LogP contribution in [0.3, 0.4) is 0 Å². The predicted molar refractivity (Wildman–Crippen MR) is 87.3 cm³/mol. The van der Waals surface area contributed by atoms with Crippen molar-refractivity contribution in [3.63, 3.8) is 0 Å². The van der Waals surface area contributed by atoms with Crippen LogP contribution in [-0.4, -0.2) is 23.6 Å². The van der Waals surface area contributed by atoms with Crippen molar-refractivity contribution in [2.75, 3.05) is 12.3 Å². The first-order chi connectivity index (χ1) is 9.69. The van der Waals surface area contributed by atoms with E-state index in [0.717, 1.165) is 29.5 Å². The highest BCUT2D eigenvalue weighted by atomic mass is 35.5. The third kappa shape index (κ3) is 4.94. The van der Waals surface area contributed by atoms with Gasteiger partial charge in [0, 0.05) is 17.0 Å². The lowest BCUT2D eigenvalue weighted by Gasteiger charge is -2.20. The highest BCUT2D eigenvalue weighted by molar-refractivity contribution is 7.99. The van der Waals surface area contributed by atoms with E-state index in [0.29, 0.717) is 6.04 Å². The van der Waals surface area contributed by atoms with Gasteiger partial charge in [-0.1, -0.05) is 37.4 Å². The van der Waals surface area contributed by atoms with Crippen molar-refractivity contribution in [3.05, 3.63) is 34.6 Å². The zero-order valence-corrected chi connectivity index (χ0v) is 13.6. The third-order valence-corrected chi connectivity index (χ3v) is 5.64. The zero-order chi connectivity index (χ0) is 14.4. The summed E-state index contributed by atoms with van der Waals surface area (Å²) in [6.45, 7) is 3.07. The molecular weight excluding hydrogens is 293 g/mol. The van der Waals surface area contributed by atoms with Crippen LogP contribution in [0.25, 0.3) is 0 Å². The summed E-state index contributed by atoms with van der Waals surface area (Å²) in [7, 11) is 0. The Morgan fingerprint density at radius 3 is 2.80 bits per heavy atom. The average molecular weight is 316 g/mol. The number of halogens is 2. The summed E-state index contributed by atoms with van der Waals surface area (Å²) in [5, 5.41) is 4.55. The molecule has 1 atom stereocenters. The summed E-state index contributed by atoms with van der Waals surface area (Å²) >= 11 is 7.81. The van der Waals surface area contributed by atoms with Crippen LogP contribution in [0.4, 0.5) is 4.39 Å². The van der Waals surface area contributed by atoms with E-state index in [1.165, 1.54) is 25.7 Å². The van der Waals surface area contributed by atoms with Crippen LogP contribution in [-0.2, 0) is 6.42 Å². The van der Waals surface area contributed by atoms with Crippen LogP contribution >= 0.6 is 23.4 Å². The summed E-state index contributed by atoms with van der Waals surface area (Å²) in [6.07, 6.45) is 6.34. The monoisotopic (exact) mass is 315 g/mol. The highest BCUT2D eigenvalue weighted by Gasteiger charge is 2.18. The van der Waals surface area contributed by atoms with Gasteiger partial charge in [0.2, 0.25) is 0 Å². The molecule has 0 bridgehead atoms. The molecular formula is C16H23ClFNS. The quantitative estimate of drug-likeness (QED) is 0.784. The third-order valence-electron chi connectivity index (χ3n) is 3.79. The van der Waals surface area contributed by atoms with Gasteiger partial charge in [-0.05, 0) is 43.5 Å². The van der Waals surface area contributed by atoms with Crippen molar-refractivity contribution in [1.82, 2.24) is 5.32 Å². The van der Waals surface area contributed by atoms with Crippen molar-refractivity contribution in [2.45, 2.75) is 50.3 Å². The van der Waals surface area contributed by atoms with E-state index in [-0.39, 0.29) is 10.8 Å². The summed E-state index contributed by atoms with van der Waals surface area (Å²) in [5.74, 6) is 0.783. The van der Waals surface area contributed by atoms with E-state index < -0.39 is 0 Å². The largest absolute Gasteiger partial charge is 0.313 e. The van der Waals surface area contributed by atoms with Gasteiger partial charge in [-0.3, -0.25) is 0 Å². The van der Waals surface area contributed by atoms with Crippen LogP contribution in [0.1, 0.15) is 38.2 Å². The average Bonchev–Trinajstić information content (AvgIpc) is 2.94. The van der Waals surface area contributed by atoms with E-state index in [2.05, 4.69) is 24.0 Å². The van der Waals surface area contributed by atoms with Crippen LogP contribution in [0.2, 0.25) is 5.02 Å². The molecule has 4 heteroatoms. The first kappa shape index (κ1) is 16.1. The second-order valence-corrected chi connectivity index (χ2v) is 7.19. The van der Waals surface area contributed by atoms with Crippen LogP contribution in [0.15, 0.2) is 18.2 Å². The fourth-order valence-electron chi connectivity index (χ4n) is 2.74. The number of benzene rings is 1. The maximum absolute atomic E-state index is 13.5. The number of hydrogen-bond acceptors (Lipinski definition) is 2. The maximum atomic E-state index is 13.5. The molecule has 1 aliphatic carbocycles. The summed E-state index contributed by atoms with van der Waals surface area (Å²) in [4.78, 5) is 0. The molecule has 1 nitrogen and oxygen atoms in total. The first-order valence-corrected chi connectivity index (χ1v) is 8.90. The van der Waals surface area contributed by atoms with Crippen LogP contribution < -0.4 is 5.32 Å². The highest BCUT2D eigenvalue weighted by Crippen LogP contribution is 2.30. The van der Waals surface area contributed by atoms with E-state index >= 15 is 0 Å². The molecule has 1 aliphatic rings. The Morgan fingerprint density at radius 2 is 2.15 bits per heavy atom. The molecule has 0 radical (unpaired) electrons. The molecule has 0 heterocycles. The second kappa shape index (κ2) is 8.26. The second-order valence-electron chi connectivity index (χ2n) is 5.45. The smallest absolute Gasteiger partial charge is 0.142 e. The summed E-state index contributed by atoms with van der Waals surface area (Å²) < 4.78 is 13.5. The fourth-order valence-corrected chi connectivity index (χ4v) is 4.26. The molecule has 1 N–H and O–H groups in total. The van der Waals surface area contributed by atoms with E-state index in [1.54, 1.807) is 12.1 Å². The Kier molecular flexibility index (Phi) is 6.66. The molecule has 0 amide bonds. The van der Waals surface area contributed by atoms with E-state index in [1.807, 2.05) is 6.07 Å². The molecule has 20 heavy (non-hydrogen) atoms. The number of rotatable bonds is 7. The topological polar surface area (TPSA) is 12.0 Å². The fraction of sp³-hybridized carbons (Fsp3) is 0.625. The van der Waals surface area contributed by atoms with Crippen LogP contribution in [0, 0.1) is 5.82 Å². The van der Waals surface area contributed by atoms with Crippen molar-refractivity contribution < 1.29 is 4.39 Å². The lowest BCUT2D eigenvalue weighted by molar-refractivity contribution is 0.567. The normalized spacial score (nSPS) is 17.6. The van der Waals surface area contributed by atoms with Gasteiger partial charge in [0.1, 0.15) is 5.82 Å². The standard InChI is InChI=1S/C16H23ClFNS/c1-2-19-13(11-20-14-5-3-4-6-14)9-12-7-8-15(17)16(18)10-12/h7-8,10,13-14,19H,2-6,9,11H2,1H3. The number of likely N-dealkylation sites (N-methyl/N-ethyl adjacent to an activating group) is 1. The Morgan fingerprint density at radius 1 is 1.40 bits per heavy atom. The van der Waals surface area contributed by atoms with Gasteiger partial charge in [0.05, 0.1) is 5.02 Å². The predicted octanol–water partition coefficient (Wildman–Crippen LogP) is 4.68. The maximum Gasteiger partial charge on any atom is 0.142 e. The minimum Gasteiger partial charge on any atom is -0.313 e. The zero-order valence-electron chi connectivity index (χ0n) is 12.0. The van der Waals surface area contributed by atoms with Gasteiger partial charge in [-0.15, -0.1) is 0 Å². The Hall–Kier alpha value is -0.250. The molecule has 1 unspecified atom stereocenters. The molecule has 112 valence electrons. The Balaban J connectivity index is 1.88. The Bertz CT molecular complexity index is 421. The molecule has 0 aromatic heterocycles. The molecule has 0 aliphatic heterocycles. The molecule has 1 aromatic rings. The van der Waals surface area contributed by atoms with Gasteiger partial charge >= 0.3 is 0 Å². The minimum atomic E-state index is -0.317. The molecule has 1 saturated carbocycles. The lowest BCUT2D eigenvalue weighted by atomic mass is 10.1. The molecule has 2 rings (SSSR count). The van der Waals surface area contributed by atoms with Gasteiger partial charge in [-0.25, -0.2) is 4.39 Å². The number of thioether (sulfide) groups is 1. The number of nitrogens with one attached hydrogen (secondary N) is 1. The molecule has 0 saturated heterocycles. The van der Waals surface area contributed by atoms with Crippen molar-refractivity contribution in [3.8, 4) is 0 Å². The van der Waals surface area contributed by atoms with E-state index in [9.17, 15) is 4.39 Å². The Labute approximate surface area is 130 Å². The van der Waals surface area contributed by atoms with Crippen LogP contribution in [0.5, 0.6) is 0 Å². The SMILES string of the molecule is CCNC(CSC1CCCC1)Cc1ccc(Cl)c(F)c1. The van der Waals surface area contributed by atoms with Gasteiger partial charge in [0.25, 0.3) is 0 Å². The van der Waals surface area contributed by atoms with Gasteiger partial charge in [0.15, 0.2) is 0 Å². The van der Waals surface area contributed by atoms with Crippen molar-refractivity contribution in [1.29, 1.82) is 0 Å². The molecule has 0 spiro atoms. The lowest BCUT2D eigenvalue weighted by Crippen LogP contribution is -2.33. The molecule has 1 fully saturated rings. The van der Waals surface area contributed by atoms with E-state index in [4.69, 9.17) is 11.6 Å². The summed E-state index contributed by atoms with van der Waals surface area (Å²) in [6, 6.07) is 5.55. The summed E-state index contributed by atoms with van der Waals surface area (Å²) in [5.41, 5.74) is 1.02. The van der Waals surface area contributed by atoms with Crippen molar-refractivity contribution >= 4 is 23.4 Å². The first-order valence-electron chi connectivity index (χ1n) is 7.48. The van der Waals surface area contributed by atoms with Crippen molar-refractivity contribution in [2.24, 2.45) is 0 Å².